The second-order valence-corrected chi connectivity index (χ2v) is 5.85. The molecule has 2 aromatic carbocycles. The third-order valence-corrected chi connectivity index (χ3v) is 3.39. The molecule has 0 fully saturated rings. The van der Waals surface area contributed by atoms with Crippen molar-refractivity contribution in [3.05, 3.63) is 83.9 Å². The first-order valence-electron chi connectivity index (χ1n) is 10.6. The van der Waals surface area contributed by atoms with Gasteiger partial charge in [-0.3, -0.25) is 0 Å². The molecule has 0 saturated heterocycles. The molecule has 44 heavy (non-hydrogen) atoms. The second kappa shape index (κ2) is 55.9. The molecule has 2 aromatic rings. The first-order valence-corrected chi connectivity index (χ1v) is 10.6. The highest BCUT2D eigenvalue weighted by atomic mass is 19.3. The van der Waals surface area contributed by atoms with Gasteiger partial charge in [-0.05, 0) is 35.8 Å². The number of rotatable bonds is 12. The van der Waals surface area contributed by atoms with E-state index in [1.807, 2.05) is 48.5 Å². The number of ether oxygens (including phenoxy) is 2. The maximum Gasteiger partial charge on any atom is 0.229 e. The normalized spacial score (nSPS) is 8.05. The molecule has 0 unspecified atom stereocenters. The number of halogens is 10. The summed E-state index contributed by atoms with van der Waals surface area (Å²) < 4.78 is 112. The molecule has 0 N–H and O–H groups in total. The van der Waals surface area contributed by atoms with Gasteiger partial charge in [-0.25, -0.2) is 30.7 Å². The van der Waals surface area contributed by atoms with E-state index in [-0.39, 0.29) is 36.3 Å². The highest BCUT2D eigenvalue weighted by Gasteiger charge is 1.93. The van der Waals surface area contributed by atoms with Gasteiger partial charge < -0.3 is 9.47 Å². The van der Waals surface area contributed by atoms with E-state index in [0.717, 1.165) is 22.3 Å². The van der Waals surface area contributed by atoms with Crippen molar-refractivity contribution < 1.29 is 68.6 Å². The molecule has 0 atom stereocenters. The molecule has 0 spiro atoms. The van der Waals surface area contributed by atoms with Crippen LogP contribution in [-0.2, 0) is 37.5 Å². The van der Waals surface area contributed by atoms with Gasteiger partial charge in [0.15, 0.2) is 6.86 Å². The molecule has 0 aliphatic carbocycles. The quantitative estimate of drug-likeness (QED) is 0.167. The molecular formula is C29H48F10O5. The van der Waals surface area contributed by atoms with Crippen LogP contribution < -0.4 is 0 Å². The van der Waals surface area contributed by atoms with Crippen LogP contribution in [0.3, 0.4) is 0 Å². The molecule has 0 aliphatic rings. The number of alkyl halides is 7. The molecule has 264 valence electrons. The maximum absolute atomic E-state index is 11.7. The minimum Gasteiger partial charge on any atom is -0.374 e. The smallest absolute Gasteiger partial charge is 0.229 e. The Morgan fingerprint density at radius 1 is 0.500 bits per heavy atom. The standard InChI is InChI=1S/C11H13FO.C10H11FO.3CH2F2O.CH2F2.4CH4/c1-2-10-3-5-11(6-4-10)9-13-8-7-12;1-2-9-3-5-10(6-4-9)7-12-8-11;3*2-1-4-3;2-1-3;;;;/h2-6H,1,7-9H2;2-6H,1,7-8H2;3*1H2;1H2;4*1H4. The summed E-state index contributed by atoms with van der Waals surface area (Å²) in [4.78, 5) is 7.12. The number of benzene rings is 2. The minimum atomic E-state index is -1.75. The largest absolute Gasteiger partial charge is 0.374 e. The topological polar surface area (TPSA) is 46.2 Å². The van der Waals surface area contributed by atoms with Gasteiger partial charge in [0.2, 0.25) is 27.5 Å². The molecule has 0 saturated carbocycles. The van der Waals surface area contributed by atoms with Crippen molar-refractivity contribution in [2.24, 2.45) is 0 Å². The summed E-state index contributed by atoms with van der Waals surface area (Å²) in [7, 11) is 0. The van der Waals surface area contributed by atoms with Crippen molar-refractivity contribution in [1.29, 1.82) is 0 Å². The molecule has 0 aromatic heterocycles. The van der Waals surface area contributed by atoms with E-state index in [9.17, 15) is 44.3 Å². The summed E-state index contributed by atoms with van der Waals surface area (Å²) in [6.45, 7) is 1.31. The molecule has 0 heterocycles. The summed E-state index contributed by atoms with van der Waals surface area (Å²) in [6.07, 6.45) is 3.55. The van der Waals surface area contributed by atoms with Crippen LogP contribution in [0.5, 0.6) is 0 Å². The third-order valence-electron chi connectivity index (χ3n) is 3.39. The summed E-state index contributed by atoms with van der Waals surface area (Å²) in [5, 5.41) is 0. The molecule has 15 heteroatoms. The van der Waals surface area contributed by atoms with E-state index in [2.05, 4.69) is 32.7 Å². The Morgan fingerprint density at radius 3 is 0.977 bits per heavy atom. The predicted octanol–water partition coefficient (Wildman–Crippen LogP) is 11.5. The average Bonchev–Trinajstić information content (AvgIpc) is 3.01. The molecule has 2 rings (SSSR count). The second-order valence-electron chi connectivity index (χ2n) is 5.85. The third kappa shape index (κ3) is 51.7. The van der Waals surface area contributed by atoms with Crippen LogP contribution in [0, 0.1) is 0 Å². The van der Waals surface area contributed by atoms with Crippen molar-refractivity contribution >= 4 is 12.2 Å². The van der Waals surface area contributed by atoms with Gasteiger partial charge in [0.1, 0.15) is 6.67 Å². The molecule has 0 radical (unpaired) electrons. The van der Waals surface area contributed by atoms with E-state index in [1.54, 1.807) is 12.2 Å². The Kier molecular flexibility index (Phi) is 76.5. The molecule has 5 nitrogen and oxygen atoms in total. The Labute approximate surface area is 255 Å². The summed E-state index contributed by atoms with van der Waals surface area (Å²) in [5.41, 5.74) is 4.16. The van der Waals surface area contributed by atoms with Gasteiger partial charge in [-0.15, -0.1) is 0 Å². The monoisotopic (exact) mass is 666 g/mol. The maximum atomic E-state index is 11.7. The Morgan fingerprint density at radius 2 is 0.773 bits per heavy atom. The van der Waals surface area contributed by atoms with E-state index in [0.29, 0.717) is 13.2 Å². The molecular weight excluding hydrogens is 618 g/mol. The van der Waals surface area contributed by atoms with Crippen molar-refractivity contribution in [2.75, 3.05) is 47.7 Å². The van der Waals surface area contributed by atoms with Gasteiger partial charge in [-0.1, -0.05) is 104 Å². The lowest BCUT2D eigenvalue weighted by molar-refractivity contribution is -0.167. The predicted molar refractivity (Wildman–Crippen MR) is 158 cm³/mol. The Balaban J connectivity index is -0.0000000641. The van der Waals surface area contributed by atoms with Crippen LogP contribution in [0.4, 0.5) is 44.3 Å². The lowest BCUT2D eigenvalue weighted by Gasteiger charge is -2.01. The van der Waals surface area contributed by atoms with E-state index in [1.165, 1.54) is 0 Å². The van der Waals surface area contributed by atoms with Crippen LogP contribution in [0.1, 0.15) is 52.0 Å². The first kappa shape index (κ1) is 60.3. The lowest BCUT2D eigenvalue weighted by atomic mass is 10.1. The highest BCUT2D eigenvalue weighted by molar-refractivity contribution is 5.47. The van der Waals surface area contributed by atoms with Crippen LogP contribution in [0.25, 0.3) is 12.2 Å². The lowest BCUT2D eigenvalue weighted by Crippen LogP contribution is -1.96. The van der Waals surface area contributed by atoms with Crippen LogP contribution in [-0.4, -0.2) is 47.7 Å². The fourth-order valence-electron chi connectivity index (χ4n) is 1.90. The van der Waals surface area contributed by atoms with E-state index in [4.69, 9.17) is 4.74 Å². The summed E-state index contributed by atoms with van der Waals surface area (Å²) >= 11 is 0. The fraction of sp³-hybridized carbons (Fsp3) is 0.448. The van der Waals surface area contributed by atoms with E-state index < -0.39 is 41.0 Å². The fourth-order valence-corrected chi connectivity index (χ4v) is 1.90. The molecule has 0 aliphatic heterocycles. The minimum absolute atomic E-state index is 0. The van der Waals surface area contributed by atoms with Crippen LogP contribution in [0.2, 0.25) is 0 Å². The van der Waals surface area contributed by atoms with Gasteiger partial charge in [0.05, 0.1) is 19.8 Å². The van der Waals surface area contributed by atoms with Crippen LogP contribution in [0.15, 0.2) is 61.7 Å². The number of hydrogen-bond acceptors (Lipinski definition) is 5. The average molecular weight is 667 g/mol. The highest BCUT2D eigenvalue weighted by Crippen LogP contribution is 2.07. The zero-order chi connectivity index (χ0) is 31.3. The van der Waals surface area contributed by atoms with Gasteiger partial charge in [0.25, 0.3) is 0 Å². The van der Waals surface area contributed by atoms with Crippen molar-refractivity contribution in [3.63, 3.8) is 0 Å². The van der Waals surface area contributed by atoms with Gasteiger partial charge in [0, 0.05) is 0 Å². The van der Waals surface area contributed by atoms with E-state index >= 15 is 0 Å². The van der Waals surface area contributed by atoms with Crippen molar-refractivity contribution in [3.8, 4) is 0 Å². The van der Waals surface area contributed by atoms with Crippen molar-refractivity contribution in [1.82, 2.24) is 0 Å². The van der Waals surface area contributed by atoms with Gasteiger partial charge >= 0.3 is 0 Å². The first-order chi connectivity index (χ1) is 19.4. The van der Waals surface area contributed by atoms with Crippen LogP contribution >= 0.6 is 0 Å². The van der Waals surface area contributed by atoms with Crippen molar-refractivity contribution in [2.45, 2.75) is 42.9 Å². The summed E-state index contributed by atoms with van der Waals surface area (Å²) in [6, 6.07) is 15.5. The Bertz CT molecular complexity index is 729. The zero-order valence-electron chi connectivity index (χ0n) is 21.4. The zero-order valence-corrected chi connectivity index (χ0v) is 21.4. The van der Waals surface area contributed by atoms with Gasteiger partial charge in [-0.2, -0.15) is 14.8 Å². The molecule has 0 amide bonds. The SMILES string of the molecule is C.C.C.C.C=Cc1ccc(COCCF)cc1.C=Cc1ccc(COCF)cc1.FCF.FCOF.FCOF.FCOF. The Hall–Kier alpha value is -2.98. The number of hydrogen-bond donors (Lipinski definition) is 0. The summed E-state index contributed by atoms with van der Waals surface area (Å²) in [5.74, 6) is 0. The molecule has 0 bridgehead atoms.